The van der Waals surface area contributed by atoms with Gasteiger partial charge < -0.3 is 10.6 Å². The van der Waals surface area contributed by atoms with Crippen LogP contribution >= 0.6 is 69.6 Å². The molecule has 1 aromatic rings. The SMILES string of the molecule is CCC(=O)N[C@H](Nc1c(Cl)cc(Cl)cc1Cl)C(Cl)(Cl)Cl. The zero-order valence-electron chi connectivity index (χ0n) is 10.1. The maximum atomic E-state index is 11.5. The van der Waals surface area contributed by atoms with Crippen molar-refractivity contribution in [3.8, 4) is 0 Å². The molecule has 0 fully saturated rings. The summed E-state index contributed by atoms with van der Waals surface area (Å²) in [7, 11) is 0. The molecule has 1 rings (SSSR count). The molecule has 9 heteroatoms. The summed E-state index contributed by atoms with van der Waals surface area (Å²) >= 11 is 35.3. The summed E-state index contributed by atoms with van der Waals surface area (Å²) in [4.78, 5) is 11.5. The number of carbonyl (C=O) groups excluding carboxylic acids is 1. The van der Waals surface area contributed by atoms with Gasteiger partial charge in [-0.05, 0) is 12.1 Å². The van der Waals surface area contributed by atoms with Crippen LogP contribution in [0.3, 0.4) is 0 Å². The van der Waals surface area contributed by atoms with Gasteiger partial charge in [-0.2, -0.15) is 0 Å². The van der Waals surface area contributed by atoms with Crippen LogP contribution < -0.4 is 10.6 Å². The van der Waals surface area contributed by atoms with Crippen LogP contribution in [0.25, 0.3) is 0 Å². The lowest BCUT2D eigenvalue weighted by molar-refractivity contribution is -0.121. The van der Waals surface area contributed by atoms with Crippen LogP contribution in [0.5, 0.6) is 0 Å². The normalized spacial score (nSPS) is 12.9. The maximum absolute atomic E-state index is 11.5. The molecule has 3 nitrogen and oxygen atoms in total. The van der Waals surface area contributed by atoms with E-state index in [0.29, 0.717) is 10.7 Å². The van der Waals surface area contributed by atoms with E-state index in [1.807, 2.05) is 0 Å². The summed E-state index contributed by atoms with van der Waals surface area (Å²) in [5, 5.41) is 6.18. The number of alkyl halides is 3. The molecule has 0 saturated heterocycles. The Kier molecular flexibility index (Phi) is 6.84. The lowest BCUT2D eigenvalue weighted by atomic mass is 10.3. The Morgan fingerprint density at radius 3 is 2.10 bits per heavy atom. The molecule has 0 aliphatic rings. The molecule has 0 aliphatic carbocycles. The number of halogens is 6. The number of anilines is 1. The molecule has 1 atom stereocenters. The number of carbonyl (C=O) groups is 1. The molecule has 1 amide bonds. The van der Waals surface area contributed by atoms with E-state index in [9.17, 15) is 4.79 Å². The van der Waals surface area contributed by atoms with Crippen molar-refractivity contribution in [3.05, 3.63) is 27.2 Å². The summed E-state index contributed by atoms with van der Waals surface area (Å²) in [6, 6.07) is 2.96. The Balaban J connectivity index is 3.04. The molecule has 2 N–H and O–H groups in total. The first kappa shape index (κ1) is 18.3. The first-order chi connectivity index (χ1) is 9.15. The monoisotopic (exact) mass is 396 g/mol. The molecule has 0 radical (unpaired) electrons. The topological polar surface area (TPSA) is 41.1 Å². The van der Waals surface area contributed by atoms with E-state index < -0.39 is 9.96 Å². The minimum atomic E-state index is -1.79. The molecule has 0 unspecified atom stereocenters. The van der Waals surface area contributed by atoms with Gasteiger partial charge in [0.05, 0.1) is 15.7 Å². The second-order valence-corrected chi connectivity index (χ2v) is 7.40. The van der Waals surface area contributed by atoms with Crippen molar-refractivity contribution in [2.45, 2.75) is 23.3 Å². The largest absolute Gasteiger partial charge is 0.359 e. The minimum absolute atomic E-state index is 0.237. The molecular formula is C11H10Cl6N2O. The molecule has 112 valence electrons. The number of rotatable bonds is 4. The van der Waals surface area contributed by atoms with Crippen LogP contribution in [0.1, 0.15) is 13.3 Å². The van der Waals surface area contributed by atoms with Gasteiger partial charge in [0.25, 0.3) is 0 Å². The highest BCUT2D eigenvalue weighted by atomic mass is 35.6. The fraction of sp³-hybridized carbons (Fsp3) is 0.364. The third kappa shape index (κ3) is 5.21. The van der Waals surface area contributed by atoms with Crippen LogP contribution in [0.2, 0.25) is 15.1 Å². The van der Waals surface area contributed by atoms with Gasteiger partial charge in [0.1, 0.15) is 6.17 Å². The van der Waals surface area contributed by atoms with E-state index >= 15 is 0 Å². The predicted octanol–water partition coefficient (Wildman–Crippen LogP) is 5.28. The fourth-order valence-corrected chi connectivity index (χ4v) is 2.54. The van der Waals surface area contributed by atoms with Gasteiger partial charge >= 0.3 is 0 Å². The van der Waals surface area contributed by atoms with Gasteiger partial charge in [0.15, 0.2) is 0 Å². The van der Waals surface area contributed by atoms with E-state index in [1.165, 1.54) is 12.1 Å². The van der Waals surface area contributed by atoms with Crippen molar-refractivity contribution in [1.29, 1.82) is 0 Å². The van der Waals surface area contributed by atoms with Crippen molar-refractivity contribution in [1.82, 2.24) is 5.32 Å². The minimum Gasteiger partial charge on any atom is -0.359 e. The van der Waals surface area contributed by atoms with Gasteiger partial charge in [-0.1, -0.05) is 76.5 Å². The smallest absolute Gasteiger partial charge is 0.228 e. The molecule has 0 spiro atoms. The molecule has 0 aromatic heterocycles. The van der Waals surface area contributed by atoms with Crippen molar-refractivity contribution >= 4 is 81.2 Å². The lowest BCUT2D eigenvalue weighted by Gasteiger charge is -2.28. The van der Waals surface area contributed by atoms with Gasteiger partial charge in [-0.15, -0.1) is 0 Å². The standard InChI is InChI=1S/C11H10Cl6N2O/c1-2-8(20)18-10(11(15,16)17)19-9-6(13)3-5(12)4-7(9)14/h3-4,10,19H,2H2,1H3,(H,18,20)/t10-/m1/s1. The van der Waals surface area contributed by atoms with Crippen LogP contribution in [0.15, 0.2) is 12.1 Å². The van der Waals surface area contributed by atoms with Gasteiger partial charge in [-0.25, -0.2) is 0 Å². The third-order valence-electron chi connectivity index (χ3n) is 2.25. The number of amides is 1. The van der Waals surface area contributed by atoms with E-state index in [4.69, 9.17) is 69.6 Å². The molecule has 20 heavy (non-hydrogen) atoms. The Hall–Kier alpha value is 0.230. The Bertz CT molecular complexity index is 479. The Morgan fingerprint density at radius 1 is 1.20 bits per heavy atom. The molecule has 0 heterocycles. The molecule has 0 saturated carbocycles. The maximum Gasteiger partial charge on any atom is 0.228 e. The highest BCUT2D eigenvalue weighted by Crippen LogP contribution is 2.37. The van der Waals surface area contributed by atoms with Crippen LogP contribution in [0.4, 0.5) is 5.69 Å². The number of hydrogen-bond donors (Lipinski definition) is 2. The molecular weight excluding hydrogens is 389 g/mol. The highest BCUT2D eigenvalue weighted by Gasteiger charge is 2.34. The van der Waals surface area contributed by atoms with Crippen molar-refractivity contribution in [2.24, 2.45) is 0 Å². The van der Waals surface area contributed by atoms with Crippen LogP contribution in [-0.4, -0.2) is 15.9 Å². The van der Waals surface area contributed by atoms with Crippen molar-refractivity contribution in [3.63, 3.8) is 0 Å². The summed E-state index contributed by atoms with van der Waals surface area (Å²) in [5.74, 6) is -0.296. The lowest BCUT2D eigenvalue weighted by Crippen LogP contribution is -2.49. The second-order valence-electron chi connectivity index (χ2n) is 3.78. The Labute approximate surface area is 146 Å². The second kappa shape index (κ2) is 7.48. The quantitative estimate of drug-likeness (QED) is 0.535. The predicted molar refractivity (Wildman–Crippen MR) is 87.6 cm³/mol. The van der Waals surface area contributed by atoms with Gasteiger partial charge in [-0.3, -0.25) is 4.79 Å². The average molecular weight is 399 g/mol. The van der Waals surface area contributed by atoms with E-state index in [1.54, 1.807) is 6.92 Å². The zero-order valence-corrected chi connectivity index (χ0v) is 14.7. The summed E-state index contributed by atoms with van der Waals surface area (Å²) in [6.45, 7) is 1.67. The number of hydrogen-bond acceptors (Lipinski definition) is 2. The van der Waals surface area contributed by atoms with Crippen molar-refractivity contribution in [2.75, 3.05) is 5.32 Å². The highest BCUT2D eigenvalue weighted by molar-refractivity contribution is 6.68. The van der Waals surface area contributed by atoms with E-state index in [0.717, 1.165) is 0 Å². The molecule has 0 aliphatic heterocycles. The van der Waals surface area contributed by atoms with Crippen LogP contribution in [-0.2, 0) is 4.79 Å². The summed E-state index contributed by atoms with van der Waals surface area (Å²) in [5.41, 5.74) is 0.311. The Morgan fingerprint density at radius 2 is 1.70 bits per heavy atom. The number of benzene rings is 1. The summed E-state index contributed by atoms with van der Waals surface area (Å²) in [6.07, 6.45) is -0.766. The zero-order chi connectivity index (χ0) is 15.5. The molecule has 0 bridgehead atoms. The fourth-order valence-electron chi connectivity index (χ4n) is 1.29. The van der Waals surface area contributed by atoms with E-state index in [-0.39, 0.29) is 22.4 Å². The van der Waals surface area contributed by atoms with Gasteiger partial charge in [0, 0.05) is 11.4 Å². The van der Waals surface area contributed by atoms with Gasteiger partial charge in [0.2, 0.25) is 9.70 Å². The van der Waals surface area contributed by atoms with Crippen LogP contribution in [0, 0.1) is 0 Å². The molecule has 1 aromatic carbocycles. The average Bonchev–Trinajstić information content (AvgIpc) is 2.30. The first-order valence-electron chi connectivity index (χ1n) is 5.42. The van der Waals surface area contributed by atoms with Crippen molar-refractivity contribution < 1.29 is 4.79 Å². The summed E-state index contributed by atoms with van der Waals surface area (Å²) < 4.78 is -1.79. The third-order valence-corrected chi connectivity index (χ3v) is 3.72. The number of nitrogens with one attached hydrogen (secondary N) is 2. The van der Waals surface area contributed by atoms with E-state index in [2.05, 4.69) is 10.6 Å². The first-order valence-corrected chi connectivity index (χ1v) is 7.69.